The fraction of sp³-hybridized carbons (Fsp3) is 0.400. The van der Waals surface area contributed by atoms with Gasteiger partial charge in [-0.3, -0.25) is 0 Å². The molecule has 0 saturated carbocycles. The van der Waals surface area contributed by atoms with Gasteiger partial charge in [0.25, 0.3) is 0 Å². The van der Waals surface area contributed by atoms with E-state index in [-0.39, 0.29) is 22.6 Å². The fourth-order valence-corrected chi connectivity index (χ4v) is 0. The fourth-order valence-electron chi connectivity index (χ4n) is 0. The Bertz CT molecular complexity index is 17.9. The molecule has 56 valence electrons. The molecule has 8 heavy (non-hydrogen) atoms. The van der Waals surface area contributed by atoms with Gasteiger partial charge in [-0.25, -0.2) is 0 Å². The van der Waals surface area contributed by atoms with Crippen LogP contribution in [0.5, 0.6) is 0 Å². The zero-order valence-corrected chi connectivity index (χ0v) is 8.35. The van der Waals surface area contributed by atoms with E-state index in [0.717, 1.165) is 6.42 Å². The molecule has 0 aromatic carbocycles. The Morgan fingerprint density at radius 2 is 1.75 bits per heavy atom. The molecule has 0 N–H and O–H groups in total. The summed E-state index contributed by atoms with van der Waals surface area (Å²) in [5.41, 5.74) is 0. The quantitative estimate of drug-likeness (QED) is 0.489. The summed E-state index contributed by atoms with van der Waals surface area (Å²) in [4.78, 5) is 0. The van der Waals surface area contributed by atoms with E-state index < -0.39 is 0 Å². The molecule has 0 aromatic rings. The monoisotopic (exact) mass is 243 g/mol. The maximum absolute atomic E-state index is 4.85. The molecule has 0 rings (SSSR count). The van der Waals surface area contributed by atoms with E-state index in [1.165, 1.54) is 0 Å². The molecule has 0 bridgehead atoms. The second-order valence-corrected chi connectivity index (χ2v) is 3.39. The molecule has 0 aliphatic rings. The van der Waals surface area contributed by atoms with E-state index in [9.17, 15) is 0 Å². The molecule has 0 spiro atoms. The topological polar surface area (TPSA) is 0 Å². The molecule has 0 nitrogen and oxygen atoms in total. The van der Waals surface area contributed by atoms with Crippen LogP contribution >= 0.6 is 19.4 Å². The van der Waals surface area contributed by atoms with Crippen LogP contribution in [-0.2, 0) is 15.1 Å². The second kappa shape index (κ2) is 24.1. The van der Waals surface area contributed by atoms with Crippen LogP contribution in [0.25, 0.3) is 0 Å². The van der Waals surface area contributed by atoms with E-state index in [1.807, 2.05) is 13.3 Å². The molecule has 0 radical (unpaired) electrons. The third kappa shape index (κ3) is 57.1. The van der Waals surface area contributed by atoms with Gasteiger partial charge in [0.05, 0.1) is 0 Å². The third-order valence-electron chi connectivity index (χ3n) is 0.289. The van der Waals surface area contributed by atoms with Crippen molar-refractivity contribution in [1.29, 1.82) is 0 Å². The molecular formula is C5H11Cl2Ru-3. The Labute approximate surface area is 68.6 Å². The second-order valence-electron chi connectivity index (χ2n) is 0.747. The van der Waals surface area contributed by atoms with Crippen LogP contribution in [0.1, 0.15) is 13.3 Å². The summed E-state index contributed by atoms with van der Waals surface area (Å²) in [6.45, 7) is 5.54. The van der Waals surface area contributed by atoms with Crippen LogP contribution in [0.4, 0.5) is 0 Å². The predicted molar refractivity (Wildman–Crippen MR) is 38.1 cm³/mol. The number of unbranched alkanes of at least 4 members (excludes halogenated alkanes) is 1. The molecule has 0 saturated heterocycles. The summed E-state index contributed by atoms with van der Waals surface area (Å²) >= 11 is -0.346. The van der Waals surface area contributed by atoms with Gasteiger partial charge in [-0.05, 0) is 0 Å². The molecule has 0 atom stereocenters. The third-order valence-corrected chi connectivity index (χ3v) is 0.289. The van der Waals surface area contributed by atoms with Crippen LogP contribution in [-0.4, -0.2) is 0 Å². The van der Waals surface area contributed by atoms with Gasteiger partial charge < -0.3 is 27.2 Å². The van der Waals surface area contributed by atoms with E-state index in [4.69, 9.17) is 19.4 Å². The molecule has 0 heterocycles. The summed E-state index contributed by atoms with van der Waals surface area (Å²) in [5, 5.41) is 0. The molecule has 0 unspecified atom stereocenters. The molecular weight excluding hydrogens is 232 g/mol. The summed E-state index contributed by atoms with van der Waals surface area (Å²) in [6, 6.07) is 0. The summed E-state index contributed by atoms with van der Waals surface area (Å²) in [6.07, 6.45) is 2.96. The van der Waals surface area contributed by atoms with Crippen molar-refractivity contribution in [1.82, 2.24) is 0 Å². The van der Waals surface area contributed by atoms with Crippen molar-refractivity contribution in [3.8, 4) is 0 Å². The van der Waals surface area contributed by atoms with E-state index in [1.54, 1.807) is 0 Å². The Balaban J connectivity index is -0.0000000575. The molecule has 0 aliphatic carbocycles. The van der Waals surface area contributed by atoms with Gasteiger partial charge in [0, 0.05) is 0 Å². The maximum atomic E-state index is 4.85. The number of rotatable bonds is 1. The van der Waals surface area contributed by atoms with E-state index >= 15 is 0 Å². The van der Waals surface area contributed by atoms with Gasteiger partial charge in [0.15, 0.2) is 0 Å². The Morgan fingerprint density at radius 3 is 1.75 bits per heavy atom. The average Bonchev–Trinajstić information content (AvgIpc) is 1.69. The van der Waals surface area contributed by atoms with Crippen molar-refractivity contribution in [3.05, 3.63) is 20.8 Å². The Kier molecular flexibility index (Phi) is 48.5. The van der Waals surface area contributed by atoms with Crippen LogP contribution in [0.2, 0.25) is 0 Å². The van der Waals surface area contributed by atoms with Crippen LogP contribution in [0, 0.1) is 20.8 Å². The van der Waals surface area contributed by atoms with E-state index in [0.29, 0.717) is 0 Å². The first-order chi connectivity index (χ1) is 3.33. The van der Waals surface area contributed by atoms with Crippen molar-refractivity contribution in [2.75, 3.05) is 0 Å². The van der Waals surface area contributed by atoms with Gasteiger partial charge in [0.2, 0.25) is 0 Å². The standard InChI is InChI=1S/C4H8.CH3.2ClH.Ru/c1-3-4-2;;;;/h4H,1,3H2,2H3;1H3;2*1H;/q-2;-1;;;+2/p-2. The summed E-state index contributed by atoms with van der Waals surface area (Å²) < 4.78 is 0. The first kappa shape index (κ1) is 16.1. The van der Waals surface area contributed by atoms with Gasteiger partial charge in [-0.15, -0.1) is 0 Å². The number of halogens is 2. The molecule has 0 aromatic heterocycles. The normalized spacial score (nSPS) is 6.50. The molecule has 0 amide bonds. The van der Waals surface area contributed by atoms with Crippen molar-refractivity contribution in [2.45, 2.75) is 13.3 Å². The average molecular weight is 243 g/mol. The van der Waals surface area contributed by atoms with Gasteiger partial charge >= 0.3 is 34.5 Å². The predicted octanol–water partition coefficient (Wildman–Crippen LogP) is 3.26. The van der Waals surface area contributed by atoms with Crippen molar-refractivity contribution >= 4 is 19.4 Å². The summed E-state index contributed by atoms with van der Waals surface area (Å²) in [7, 11) is 9.71. The summed E-state index contributed by atoms with van der Waals surface area (Å²) in [5.74, 6) is 0. The van der Waals surface area contributed by atoms with Gasteiger partial charge in [-0.2, -0.15) is 6.92 Å². The minimum absolute atomic E-state index is 0. The minimum atomic E-state index is -0.346. The molecule has 3 heteroatoms. The van der Waals surface area contributed by atoms with Crippen molar-refractivity contribution < 1.29 is 15.1 Å². The van der Waals surface area contributed by atoms with Crippen molar-refractivity contribution in [2.24, 2.45) is 0 Å². The molecule has 0 aliphatic heterocycles. The van der Waals surface area contributed by atoms with Gasteiger partial charge in [-0.1, -0.05) is 0 Å². The number of hydrogen-bond acceptors (Lipinski definition) is 0. The zero-order valence-electron chi connectivity index (χ0n) is 5.10. The first-order valence-corrected chi connectivity index (χ1v) is 6.23. The van der Waals surface area contributed by atoms with E-state index in [2.05, 4.69) is 6.92 Å². The molecule has 0 fully saturated rings. The van der Waals surface area contributed by atoms with Crippen molar-refractivity contribution in [3.63, 3.8) is 0 Å². The zero-order chi connectivity index (χ0) is 6.12. The SMILES string of the molecule is [CH2-]C[CH-]C.[CH3-].[Cl][Ru][Cl]. The Morgan fingerprint density at radius 1 is 1.62 bits per heavy atom. The Hall–Kier alpha value is 1.20. The first-order valence-electron chi connectivity index (χ1n) is 1.75. The number of hydrogen-bond donors (Lipinski definition) is 0. The van der Waals surface area contributed by atoms with Gasteiger partial charge in [0.1, 0.15) is 0 Å². The van der Waals surface area contributed by atoms with Crippen LogP contribution < -0.4 is 0 Å². The van der Waals surface area contributed by atoms with Crippen LogP contribution in [0.3, 0.4) is 0 Å². The van der Waals surface area contributed by atoms with Crippen LogP contribution in [0.15, 0.2) is 0 Å².